The number of halogens is 1. The van der Waals surface area contributed by atoms with Gasteiger partial charge < -0.3 is 10.6 Å². The first-order valence-electron chi connectivity index (χ1n) is 6.91. The Kier molecular flexibility index (Phi) is 6.81. The van der Waals surface area contributed by atoms with Gasteiger partial charge in [-0.15, -0.1) is 0 Å². The van der Waals surface area contributed by atoms with Crippen molar-refractivity contribution in [3.63, 3.8) is 0 Å². The number of nitrogens with one attached hydrogen (secondary N) is 3. The smallest absolute Gasteiger partial charge is 0.321 e. The number of carbonyl (C=O) groups is 2. The molecule has 3 amide bonds. The van der Waals surface area contributed by atoms with Crippen LogP contribution in [0.15, 0.2) is 24.3 Å². The second-order valence-corrected chi connectivity index (χ2v) is 5.19. The Hall–Kier alpha value is -1.95. The van der Waals surface area contributed by atoms with Crippen LogP contribution >= 0.6 is 0 Å². The zero-order chi connectivity index (χ0) is 15.8. The summed E-state index contributed by atoms with van der Waals surface area (Å²) in [5.74, 6) is -0.361. The van der Waals surface area contributed by atoms with Crippen LogP contribution in [0.1, 0.15) is 19.4 Å². The van der Waals surface area contributed by atoms with E-state index in [1.54, 1.807) is 12.1 Å². The second-order valence-electron chi connectivity index (χ2n) is 5.19. The van der Waals surface area contributed by atoms with Crippen LogP contribution in [0.4, 0.5) is 9.18 Å². The summed E-state index contributed by atoms with van der Waals surface area (Å²) >= 11 is 0. The molecule has 116 valence electrons. The predicted octanol–water partition coefficient (Wildman–Crippen LogP) is 1.44. The number of amides is 3. The number of benzene rings is 1. The molecule has 0 saturated heterocycles. The van der Waals surface area contributed by atoms with E-state index < -0.39 is 6.03 Å². The lowest BCUT2D eigenvalue weighted by atomic mass is 9.96. The maximum absolute atomic E-state index is 12.9. The fraction of sp³-hybridized carbons (Fsp3) is 0.467. The standard InChI is InChI=1S/C15H22FN3O2/c1-10(2)13(8-11-4-6-12(16)7-5-11)18-9-14(20)19-15(21)17-3/h4-7,10,13,18H,8-9H2,1-3H3,(H2,17,19,20,21)/t13-/m1/s1. The van der Waals surface area contributed by atoms with Gasteiger partial charge in [0.1, 0.15) is 5.82 Å². The fourth-order valence-electron chi connectivity index (χ4n) is 1.88. The molecule has 0 aliphatic rings. The Morgan fingerprint density at radius 1 is 1.19 bits per heavy atom. The van der Waals surface area contributed by atoms with Gasteiger partial charge in [-0.1, -0.05) is 26.0 Å². The zero-order valence-electron chi connectivity index (χ0n) is 12.6. The van der Waals surface area contributed by atoms with Gasteiger partial charge in [0, 0.05) is 13.1 Å². The van der Waals surface area contributed by atoms with Crippen molar-refractivity contribution in [2.24, 2.45) is 5.92 Å². The van der Waals surface area contributed by atoms with Crippen LogP contribution in [0.25, 0.3) is 0 Å². The van der Waals surface area contributed by atoms with E-state index in [0.717, 1.165) is 5.56 Å². The van der Waals surface area contributed by atoms with Crippen LogP contribution < -0.4 is 16.0 Å². The lowest BCUT2D eigenvalue weighted by Crippen LogP contribution is -2.46. The summed E-state index contributed by atoms with van der Waals surface area (Å²) < 4.78 is 12.9. The molecule has 1 atom stereocenters. The van der Waals surface area contributed by atoms with Crippen molar-refractivity contribution in [2.45, 2.75) is 26.3 Å². The highest BCUT2D eigenvalue weighted by Crippen LogP contribution is 2.11. The Bertz CT molecular complexity index is 474. The monoisotopic (exact) mass is 295 g/mol. The molecule has 1 aromatic carbocycles. The number of carbonyl (C=O) groups excluding carboxylic acids is 2. The Labute approximate surface area is 124 Å². The summed E-state index contributed by atoms with van der Waals surface area (Å²) in [7, 11) is 1.45. The van der Waals surface area contributed by atoms with Crippen molar-refractivity contribution < 1.29 is 14.0 Å². The molecule has 0 aliphatic carbocycles. The van der Waals surface area contributed by atoms with Crippen LogP contribution in [0, 0.1) is 11.7 Å². The minimum atomic E-state index is -0.526. The molecule has 1 rings (SSSR count). The number of rotatable bonds is 6. The van der Waals surface area contributed by atoms with Gasteiger partial charge in [-0.3, -0.25) is 10.1 Å². The molecule has 6 heteroatoms. The summed E-state index contributed by atoms with van der Waals surface area (Å²) in [4.78, 5) is 22.6. The molecule has 5 nitrogen and oxygen atoms in total. The van der Waals surface area contributed by atoms with E-state index in [1.807, 2.05) is 13.8 Å². The predicted molar refractivity (Wildman–Crippen MR) is 79.3 cm³/mol. The highest BCUT2D eigenvalue weighted by molar-refractivity contribution is 5.95. The van der Waals surface area contributed by atoms with Crippen molar-refractivity contribution in [1.82, 2.24) is 16.0 Å². The molecule has 0 saturated carbocycles. The quantitative estimate of drug-likeness (QED) is 0.744. The highest BCUT2D eigenvalue weighted by atomic mass is 19.1. The van der Waals surface area contributed by atoms with Crippen LogP contribution in [-0.4, -0.2) is 31.6 Å². The molecule has 0 heterocycles. The Balaban J connectivity index is 2.52. The Morgan fingerprint density at radius 3 is 2.33 bits per heavy atom. The normalized spacial score (nSPS) is 12.0. The third-order valence-corrected chi connectivity index (χ3v) is 3.18. The van der Waals surface area contributed by atoms with Crippen LogP contribution in [0.2, 0.25) is 0 Å². The van der Waals surface area contributed by atoms with Gasteiger partial charge in [-0.2, -0.15) is 0 Å². The lowest BCUT2D eigenvalue weighted by Gasteiger charge is -2.22. The molecule has 0 aliphatic heterocycles. The molecule has 0 fully saturated rings. The molecule has 0 radical (unpaired) electrons. The molecule has 0 unspecified atom stereocenters. The third-order valence-electron chi connectivity index (χ3n) is 3.18. The van der Waals surface area contributed by atoms with Gasteiger partial charge in [0.05, 0.1) is 6.54 Å². The average Bonchev–Trinajstić information content (AvgIpc) is 2.44. The van der Waals surface area contributed by atoms with E-state index in [1.165, 1.54) is 19.2 Å². The van der Waals surface area contributed by atoms with Crippen LogP contribution in [0.3, 0.4) is 0 Å². The van der Waals surface area contributed by atoms with E-state index in [9.17, 15) is 14.0 Å². The highest BCUT2D eigenvalue weighted by Gasteiger charge is 2.15. The third kappa shape index (κ3) is 6.35. The first-order valence-corrected chi connectivity index (χ1v) is 6.91. The van der Waals surface area contributed by atoms with Gasteiger partial charge in [0.2, 0.25) is 5.91 Å². The zero-order valence-corrected chi connectivity index (χ0v) is 12.6. The van der Waals surface area contributed by atoms with Gasteiger partial charge in [0.15, 0.2) is 0 Å². The average molecular weight is 295 g/mol. The second kappa shape index (κ2) is 8.36. The number of imide groups is 1. The van der Waals surface area contributed by atoms with E-state index in [-0.39, 0.29) is 24.3 Å². The largest absolute Gasteiger partial charge is 0.341 e. The molecular weight excluding hydrogens is 273 g/mol. The van der Waals surface area contributed by atoms with Gasteiger partial charge in [0.25, 0.3) is 0 Å². The van der Waals surface area contributed by atoms with E-state index >= 15 is 0 Å². The number of urea groups is 1. The maximum Gasteiger partial charge on any atom is 0.321 e. The van der Waals surface area contributed by atoms with Gasteiger partial charge in [-0.25, -0.2) is 9.18 Å². The maximum atomic E-state index is 12.9. The van der Waals surface area contributed by atoms with Crippen molar-refractivity contribution in [1.29, 1.82) is 0 Å². The van der Waals surface area contributed by atoms with E-state index in [0.29, 0.717) is 12.3 Å². The molecule has 0 bridgehead atoms. The SMILES string of the molecule is CNC(=O)NC(=O)CN[C@H](Cc1ccc(F)cc1)C(C)C. The van der Waals surface area contributed by atoms with Crippen molar-refractivity contribution in [2.75, 3.05) is 13.6 Å². The molecule has 0 spiro atoms. The van der Waals surface area contributed by atoms with Crippen molar-refractivity contribution >= 4 is 11.9 Å². The van der Waals surface area contributed by atoms with E-state index in [2.05, 4.69) is 16.0 Å². The topological polar surface area (TPSA) is 70.2 Å². The van der Waals surface area contributed by atoms with Crippen LogP contribution in [0.5, 0.6) is 0 Å². The first-order chi connectivity index (χ1) is 9.92. The van der Waals surface area contributed by atoms with Crippen LogP contribution in [-0.2, 0) is 11.2 Å². The first kappa shape index (κ1) is 17.1. The Morgan fingerprint density at radius 2 is 1.81 bits per heavy atom. The van der Waals surface area contributed by atoms with Crippen molar-refractivity contribution in [3.05, 3.63) is 35.6 Å². The summed E-state index contributed by atoms with van der Waals surface area (Å²) in [5.41, 5.74) is 0.995. The fourth-order valence-corrected chi connectivity index (χ4v) is 1.88. The summed E-state index contributed by atoms with van der Waals surface area (Å²) in [6, 6.07) is 5.84. The molecule has 1 aromatic rings. The number of hydrogen-bond donors (Lipinski definition) is 3. The molecular formula is C15H22FN3O2. The van der Waals surface area contributed by atoms with Crippen molar-refractivity contribution in [3.8, 4) is 0 Å². The van der Waals surface area contributed by atoms with Gasteiger partial charge >= 0.3 is 6.03 Å². The molecule has 0 aromatic heterocycles. The summed E-state index contributed by atoms with van der Waals surface area (Å²) in [6.45, 7) is 4.13. The summed E-state index contributed by atoms with van der Waals surface area (Å²) in [6.07, 6.45) is 0.686. The van der Waals surface area contributed by atoms with E-state index in [4.69, 9.17) is 0 Å². The minimum Gasteiger partial charge on any atom is -0.341 e. The summed E-state index contributed by atoms with van der Waals surface area (Å²) in [5, 5.41) is 7.64. The van der Waals surface area contributed by atoms with Gasteiger partial charge in [-0.05, 0) is 30.0 Å². The minimum absolute atomic E-state index is 0.0530. The lowest BCUT2D eigenvalue weighted by molar-refractivity contribution is -0.119. The molecule has 3 N–H and O–H groups in total. The number of hydrogen-bond acceptors (Lipinski definition) is 3. The molecule has 21 heavy (non-hydrogen) atoms.